The van der Waals surface area contributed by atoms with E-state index in [1.54, 1.807) is 30.3 Å². The second-order valence-corrected chi connectivity index (χ2v) is 7.12. The molecular formula is C20H28N4O9. The topological polar surface area (TPSA) is 228 Å². The molecule has 0 aromatic heterocycles. The minimum Gasteiger partial charge on any atom is -0.481 e. The van der Waals surface area contributed by atoms with E-state index in [9.17, 15) is 29.1 Å². The van der Waals surface area contributed by atoms with Gasteiger partial charge in [-0.05, 0) is 12.0 Å². The summed E-state index contributed by atoms with van der Waals surface area (Å²) in [6.45, 7) is -1.56. The lowest BCUT2D eigenvalue weighted by Gasteiger charge is -2.24. The predicted molar refractivity (Wildman–Crippen MR) is 113 cm³/mol. The van der Waals surface area contributed by atoms with Gasteiger partial charge in [-0.3, -0.25) is 19.2 Å². The number of benzene rings is 1. The van der Waals surface area contributed by atoms with Crippen LogP contribution >= 0.6 is 0 Å². The molecule has 4 unspecified atom stereocenters. The molecule has 1 aromatic carbocycles. The predicted octanol–water partition coefficient (Wildman–Crippen LogP) is -3.06. The highest BCUT2D eigenvalue weighted by molar-refractivity contribution is 5.94. The van der Waals surface area contributed by atoms with Crippen molar-refractivity contribution >= 4 is 29.7 Å². The van der Waals surface area contributed by atoms with Crippen LogP contribution in [0.15, 0.2) is 30.3 Å². The van der Waals surface area contributed by atoms with Crippen LogP contribution in [0.25, 0.3) is 0 Å². The molecule has 0 fully saturated rings. The Kier molecular flexibility index (Phi) is 11.5. The Hall–Kier alpha value is -3.55. The summed E-state index contributed by atoms with van der Waals surface area (Å²) >= 11 is 0. The Balaban J connectivity index is 2.93. The number of rotatable bonds is 14. The molecule has 1 rings (SSSR count). The summed E-state index contributed by atoms with van der Waals surface area (Å²) in [7, 11) is 0. The van der Waals surface area contributed by atoms with Gasteiger partial charge in [-0.25, -0.2) is 4.79 Å². The molecule has 13 nitrogen and oxygen atoms in total. The molecule has 0 aliphatic rings. The molecule has 0 saturated heterocycles. The van der Waals surface area contributed by atoms with Crippen molar-refractivity contribution in [3.8, 4) is 0 Å². The summed E-state index contributed by atoms with van der Waals surface area (Å²) in [6, 6.07) is 2.88. The van der Waals surface area contributed by atoms with Crippen LogP contribution in [0.5, 0.6) is 0 Å². The summed E-state index contributed by atoms with van der Waals surface area (Å²) in [5, 5.41) is 43.1. The SMILES string of the molecule is NC(CO)C(=O)NC(Cc1ccccc1)C(=O)NC(CO)C(=O)NC(CCC(=O)O)C(=O)O. The fourth-order valence-corrected chi connectivity index (χ4v) is 2.68. The maximum Gasteiger partial charge on any atom is 0.326 e. The van der Waals surface area contributed by atoms with Crippen LogP contribution in [0.1, 0.15) is 18.4 Å². The van der Waals surface area contributed by atoms with Crippen LogP contribution in [-0.2, 0) is 30.4 Å². The van der Waals surface area contributed by atoms with Crippen LogP contribution in [0.3, 0.4) is 0 Å². The van der Waals surface area contributed by atoms with E-state index in [1.807, 2.05) is 0 Å². The van der Waals surface area contributed by atoms with E-state index in [-0.39, 0.29) is 6.42 Å². The van der Waals surface area contributed by atoms with Crippen LogP contribution in [0, 0.1) is 0 Å². The highest BCUT2D eigenvalue weighted by Gasteiger charge is 2.30. The molecule has 9 N–H and O–H groups in total. The number of carbonyl (C=O) groups excluding carboxylic acids is 3. The number of amides is 3. The standard InChI is InChI=1S/C20H28N4O9/c21-12(9-25)17(29)23-14(8-11-4-2-1-3-5-11)18(30)24-15(10-26)19(31)22-13(20(32)33)6-7-16(27)28/h1-5,12-15,25-26H,6-10,21H2,(H,22,31)(H,23,29)(H,24,30)(H,27,28)(H,32,33). The Morgan fingerprint density at radius 3 is 1.85 bits per heavy atom. The van der Waals surface area contributed by atoms with Crippen molar-refractivity contribution in [3.05, 3.63) is 35.9 Å². The first-order chi connectivity index (χ1) is 15.6. The molecule has 3 amide bonds. The fraction of sp³-hybridized carbons (Fsp3) is 0.450. The van der Waals surface area contributed by atoms with Crippen LogP contribution in [0.4, 0.5) is 0 Å². The molecule has 1 aromatic rings. The number of hydrogen-bond acceptors (Lipinski definition) is 8. The zero-order chi connectivity index (χ0) is 25.0. The van der Waals surface area contributed by atoms with E-state index in [1.165, 1.54) is 0 Å². The number of aliphatic carboxylic acids is 2. The molecule has 0 aliphatic carbocycles. The van der Waals surface area contributed by atoms with E-state index < -0.39 is 79.9 Å². The smallest absolute Gasteiger partial charge is 0.326 e. The lowest BCUT2D eigenvalue weighted by molar-refractivity contribution is -0.143. The number of carbonyl (C=O) groups is 5. The van der Waals surface area contributed by atoms with Crippen molar-refractivity contribution in [1.82, 2.24) is 16.0 Å². The van der Waals surface area contributed by atoms with E-state index in [0.717, 1.165) is 0 Å². The summed E-state index contributed by atoms with van der Waals surface area (Å²) in [6.07, 6.45) is -0.940. The van der Waals surface area contributed by atoms with Crippen molar-refractivity contribution in [3.63, 3.8) is 0 Å². The quantitative estimate of drug-likeness (QED) is 0.137. The first-order valence-corrected chi connectivity index (χ1v) is 9.96. The van der Waals surface area contributed by atoms with E-state index in [0.29, 0.717) is 5.56 Å². The largest absolute Gasteiger partial charge is 0.481 e. The van der Waals surface area contributed by atoms with Gasteiger partial charge in [0.2, 0.25) is 17.7 Å². The molecular weight excluding hydrogens is 440 g/mol. The molecule has 182 valence electrons. The average Bonchev–Trinajstić information content (AvgIpc) is 2.78. The highest BCUT2D eigenvalue weighted by atomic mass is 16.4. The maximum absolute atomic E-state index is 12.8. The van der Waals surface area contributed by atoms with Gasteiger partial charge in [0.1, 0.15) is 24.2 Å². The van der Waals surface area contributed by atoms with Gasteiger partial charge in [0.15, 0.2) is 0 Å². The molecule has 0 aliphatic heterocycles. The minimum atomic E-state index is -1.58. The van der Waals surface area contributed by atoms with E-state index in [4.69, 9.17) is 21.1 Å². The van der Waals surface area contributed by atoms with Gasteiger partial charge in [-0.1, -0.05) is 30.3 Å². The first kappa shape index (κ1) is 27.5. The van der Waals surface area contributed by atoms with Gasteiger partial charge in [0.05, 0.1) is 13.2 Å². The third kappa shape index (κ3) is 9.64. The second-order valence-electron chi connectivity index (χ2n) is 7.12. The lowest BCUT2D eigenvalue weighted by atomic mass is 10.0. The molecule has 13 heteroatoms. The number of carboxylic acids is 2. The van der Waals surface area contributed by atoms with Crippen molar-refractivity contribution in [2.24, 2.45) is 5.73 Å². The van der Waals surface area contributed by atoms with Crippen LogP contribution < -0.4 is 21.7 Å². The van der Waals surface area contributed by atoms with Crippen molar-refractivity contribution in [2.75, 3.05) is 13.2 Å². The van der Waals surface area contributed by atoms with Gasteiger partial charge >= 0.3 is 11.9 Å². The number of aliphatic hydroxyl groups is 2. The Labute approximate surface area is 189 Å². The van der Waals surface area contributed by atoms with Gasteiger partial charge in [0, 0.05) is 12.8 Å². The fourth-order valence-electron chi connectivity index (χ4n) is 2.68. The molecule has 0 radical (unpaired) electrons. The van der Waals surface area contributed by atoms with Gasteiger partial charge in [-0.2, -0.15) is 0 Å². The van der Waals surface area contributed by atoms with E-state index in [2.05, 4.69) is 16.0 Å². The van der Waals surface area contributed by atoms with Crippen molar-refractivity contribution < 1.29 is 44.4 Å². The molecule has 0 saturated carbocycles. The van der Waals surface area contributed by atoms with Gasteiger partial charge < -0.3 is 42.1 Å². The summed E-state index contributed by atoms with van der Waals surface area (Å²) < 4.78 is 0. The van der Waals surface area contributed by atoms with Crippen LogP contribution in [-0.4, -0.2) is 87.5 Å². The Morgan fingerprint density at radius 2 is 1.33 bits per heavy atom. The number of aliphatic hydroxyl groups excluding tert-OH is 2. The maximum atomic E-state index is 12.8. The van der Waals surface area contributed by atoms with Crippen molar-refractivity contribution in [1.29, 1.82) is 0 Å². The first-order valence-electron chi connectivity index (χ1n) is 9.96. The molecule has 33 heavy (non-hydrogen) atoms. The molecule has 4 atom stereocenters. The normalized spacial score (nSPS) is 14.3. The van der Waals surface area contributed by atoms with Crippen molar-refractivity contribution in [2.45, 2.75) is 43.4 Å². The Bertz CT molecular complexity index is 834. The monoisotopic (exact) mass is 468 g/mol. The second kappa shape index (κ2) is 13.8. The highest BCUT2D eigenvalue weighted by Crippen LogP contribution is 2.05. The summed E-state index contributed by atoms with van der Waals surface area (Å²) in [5.74, 6) is -5.49. The van der Waals surface area contributed by atoms with Gasteiger partial charge in [0.25, 0.3) is 0 Å². The summed E-state index contributed by atoms with van der Waals surface area (Å²) in [5.41, 5.74) is 6.12. The third-order valence-corrected chi connectivity index (χ3v) is 4.53. The Morgan fingerprint density at radius 1 is 0.788 bits per heavy atom. The lowest BCUT2D eigenvalue weighted by Crippen LogP contribution is -2.58. The summed E-state index contributed by atoms with van der Waals surface area (Å²) in [4.78, 5) is 59.2. The van der Waals surface area contributed by atoms with E-state index >= 15 is 0 Å². The zero-order valence-electron chi connectivity index (χ0n) is 17.6. The zero-order valence-corrected chi connectivity index (χ0v) is 17.6. The molecule has 0 spiro atoms. The average molecular weight is 468 g/mol. The van der Waals surface area contributed by atoms with Gasteiger partial charge in [-0.15, -0.1) is 0 Å². The van der Waals surface area contributed by atoms with Crippen LogP contribution in [0.2, 0.25) is 0 Å². The third-order valence-electron chi connectivity index (χ3n) is 4.53. The molecule has 0 heterocycles. The number of nitrogens with two attached hydrogens (primary N) is 1. The number of nitrogens with one attached hydrogen (secondary N) is 3. The number of carboxylic acid groups (broad SMARTS) is 2. The minimum absolute atomic E-state index is 0.00725. The molecule has 0 bridgehead atoms. The number of hydrogen-bond donors (Lipinski definition) is 8.